The molecule has 1 aliphatic heterocycles. The number of rotatable bonds is 8. The average molecular weight is 546 g/mol. The van der Waals surface area contributed by atoms with Crippen molar-refractivity contribution in [2.45, 2.75) is 38.5 Å². The van der Waals surface area contributed by atoms with Gasteiger partial charge in [0.1, 0.15) is 11.6 Å². The van der Waals surface area contributed by atoms with Crippen LogP contribution in [-0.2, 0) is 19.9 Å². The van der Waals surface area contributed by atoms with Gasteiger partial charge in [-0.15, -0.1) is 0 Å². The molecule has 2 aromatic heterocycles. The van der Waals surface area contributed by atoms with Gasteiger partial charge in [0.25, 0.3) is 5.91 Å². The molecule has 1 atom stereocenters. The predicted octanol–water partition coefficient (Wildman–Crippen LogP) is 3.63. The van der Waals surface area contributed by atoms with E-state index in [4.69, 9.17) is 9.40 Å². The maximum absolute atomic E-state index is 13.0. The first-order chi connectivity index (χ1) is 17.5. The second-order valence-corrected chi connectivity index (χ2v) is 14.3. The molecule has 0 radical (unpaired) electrons. The van der Waals surface area contributed by atoms with Crippen molar-refractivity contribution >= 4 is 42.7 Å². The fourth-order valence-corrected chi connectivity index (χ4v) is 7.82. The minimum Gasteiger partial charge on any atom is -0.437 e. The number of hydrogen-bond acceptors (Lipinski definition) is 7. The molecule has 11 heteroatoms. The van der Waals surface area contributed by atoms with Gasteiger partial charge in [-0.05, 0) is 56.1 Å². The lowest BCUT2D eigenvalue weighted by molar-refractivity contribution is 0.0964. The third-order valence-electron chi connectivity index (χ3n) is 7.18. The molecule has 198 valence electrons. The zero-order valence-electron chi connectivity index (χ0n) is 21.2. The molecule has 0 bridgehead atoms. The van der Waals surface area contributed by atoms with E-state index in [1.807, 2.05) is 37.3 Å². The van der Waals surface area contributed by atoms with E-state index in [1.165, 1.54) is 4.31 Å². The van der Waals surface area contributed by atoms with Crippen LogP contribution >= 0.6 is 0 Å². The molecule has 5 rings (SSSR count). The van der Waals surface area contributed by atoms with Crippen LogP contribution in [0.15, 0.2) is 34.7 Å². The van der Waals surface area contributed by atoms with Crippen molar-refractivity contribution in [1.29, 1.82) is 0 Å². The van der Waals surface area contributed by atoms with E-state index in [1.54, 1.807) is 7.05 Å². The number of amides is 1. The van der Waals surface area contributed by atoms with Crippen molar-refractivity contribution < 1.29 is 26.0 Å². The summed E-state index contributed by atoms with van der Waals surface area (Å²) < 4.78 is 57.1. The highest BCUT2D eigenvalue weighted by atomic mass is 32.2. The van der Waals surface area contributed by atoms with Crippen LogP contribution in [0.5, 0.6) is 0 Å². The van der Waals surface area contributed by atoms with E-state index in [2.05, 4.69) is 5.32 Å². The third kappa shape index (κ3) is 5.24. The Morgan fingerprint density at radius 3 is 2.46 bits per heavy atom. The summed E-state index contributed by atoms with van der Waals surface area (Å²) in [6.07, 6.45) is 3.89. The van der Waals surface area contributed by atoms with Crippen LogP contribution in [0.2, 0.25) is 0 Å². The van der Waals surface area contributed by atoms with Crippen molar-refractivity contribution in [3.63, 3.8) is 0 Å². The summed E-state index contributed by atoms with van der Waals surface area (Å²) in [7, 11) is -5.22. The first-order valence-electron chi connectivity index (χ1n) is 12.4. The lowest BCUT2D eigenvalue weighted by Gasteiger charge is -2.25. The number of furan rings is 1. The molecular weight excluding hydrogens is 514 g/mol. The molecule has 37 heavy (non-hydrogen) atoms. The number of aromatic nitrogens is 1. The summed E-state index contributed by atoms with van der Waals surface area (Å²) in [5, 5.41) is 3.22. The highest BCUT2D eigenvalue weighted by Crippen LogP contribution is 2.47. The van der Waals surface area contributed by atoms with Gasteiger partial charge in [0.2, 0.25) is 15.7 Å². The van der Waals surface area contributed by atoms with E-state index in [-0.39, 0.29) is 41.5 Å². The van der Waals surface area contributed by atoms with E-state index < -0.39 is 19.9 Å². The van der Waals surface area contributed by atoms with Gasteiger partial charge in [0.15, 0.2) is 9.84 Å². The monoisotopic (exact) mass is 545 g/mol. The van der Waals surface area contributed by atoms with Crippen LogP contribution in [0.1, 0.15) is 53.1 Å². The molecule has 1 aromatic carbocycles. The first-order valence-corrected chi connectivity index (χ1v) is 16.1. The van der Waals surface area contributed by atoms with Gasteiger partial charge in [-0.3, -0.25) is 9.10 Å². The quantitative estimate of drug-likeness (QED) is 0.458. The zero-order valence-corrected chi connectivity index (χ0v) is 22.8. The molecule has 0 spiro atoms. The van der Waals surface area contributed by atoms with Crippen molar-refractivity contribution in [2.24, 2.45) is 5.92 Å². The van der Waals surface area contributed by atoms with E-state index in [0.29, 0.717) is 35.4 Å². The van der Waals surface area contributed by atoms with Gasteiger partial charge in [0.05, 0.1) is 28.7 Å². The van der Waals surface area contributed by atoms with E-state index in [9.17, 15) is 21.6 Å². The number of benzene rings is 1. The van der Waals surface area contributed by atoms with Gasteiger partial charge < -0.3 is 9.73 Å². The van der Waals surface area contributed by atoms with Crippen molar-refractivity contribution in [1.82, 2.24) is 10.3 Å². The molecular formula is C26H31N3O6S2. The Morgan fingerprint density at radius 2 is 1.89 bits per heavy atom. The molecule has 3 heterocycles. The highest BCUT2D eigenvalue weighted by molar-refractivity contribution is 7.92. The maximum atomic E-state index is 13.0. The maximum Gasteiger partial charge on any atom is 0.255 e. The number of nitrogens with zero attached hydrogens (tertiary/aromatic N) is 2. The number of carbonyl (C=O) groups excluding carboxylic acids is 1. The molecule has 2 aliphatic rings. The average Bonchev–Trinajstić information content (AvgIpc) is 3.53. The normalized spacial score (nSPS) is 19.3. The number of sulfone groups is 1. The lowest BCUT2D eigenvalue weighted by Crippen LogP contribution is -2.33. The lowest BCUT2D eigenvalue weighted by atomic mass is 10.0. The Labute approximate surface area is 217 Å². The first kappa shape index (κ1) is 25.7. The number of fused-ring (bicyclic) bond motifs is 1. The summed E-state index contributed by atoms with van der Waals surface area (Å²) >= 11 is 0. The van der Waals surface area contributed by atoms with Crippen molar-refractivity contribution in [2.75, 3.05) is 35.7 Å². The smallest absolute Gasteiger partial charge is 0.255 e. The Bertz CT molecular complexity index is 1570. The molecule has 1 amide bonds. The van der Waals surface area contributed by atoms with Gasteiger partial charge in [0, 0.05) is 19.2 Å². The second-order valence-electron chi connectivity index (χ2n) is 10.2. The predicted molar refractivity (Wildman–Crippen MR) is 143 cm³/mol. The number of anilines is 1. The van der Waals surface area contributed by atoms with Crippen LogP contribution in [0.25, 0.3) is 22.4 Å². The van der Waals surface area contributed by atoms with Crippen molar-refractivity contribution in [3.8, 4) is 11.3 Å². The number of sulfonamides is 1. The minimum atomic E-state index is -3.72. The Balaban J connectivity index is 1.63. The number of aryl methyl sites for hydroxylation is 1. The third-order valence-corrected chi connectivity index (χ3v) is 10.2. The summed E-state index contributed by atoms with van der Waals surface area (Å²) in [5.41, 5.74) is 3.10. The summed E-state index contributed by atoms with van der Waals surface area (Å²) in [6, 6.07) is 9.46. The standard InChI is InChI=1S/C26H31N3O6S2/c1-16-4-6-19(7-5-16)23-22(25(30)27-2)21-14-20(18-8-9-18)24(28-26(21)35-23)29(36(3,31)32)12-10-17-11-13-37(33,34)15-17/h4-7,14,17-18H,8-13,15H2,1-3H3,(H,27,30). The van der Waals surface area contributed by atoms with Crippen LogP contribution in [0.3, 0.4) is 0 Å². The van der Waals surface area contributed by atoms with E-state index in [0.717, 1.165) is 35.8 Å². The summed E-state index contributed by atoms with van der Waals surface area (Å²) in [6.45, 7) is 2.10. The molecule has 1 saturated heterocycles. The molecule has 1 unspecified atom stereocenters. The summed E-state index contributed by atoms with van der Waals surface area (Å²) in [5.74, 6) is 0.643. The van der Waals surface area contributed by atoms with Crippen LogP contribution in [0, 0.1) is 12.8 Å². The minimum absolute atomic E-state index is 0.0835. The molecule has 9 nitrogen and oxygen atoms in total. The Hall–Kier alpha value is -2.92. The SMILES string of the molecule is CNC(=O)c1c(-c2ccc(C)cc2)oc2nc(N(CCC3CCS(=O)(=O)C3)S(C)(=O)=O)c(C3CC3)cc12. The zero-order chi connectivity index (χ0) is 26.5. The second kappa shape index (κ2) is 9.43. The number of nitrogens with one attached hydrogen (secondary N) is 1. The fraction of sp³-hybridized carbons (Fsp3) is 0.462. The highest BCUT2D eigenvalue weighted by Gasteiger charge is 2.35. The largest absolute Gasteiger partial charge is 0.437 e. The molecule has 1 aliphatic carbocycles. The van der Waals surface area contributed by atoms with E-state index >= 15 is 0 Å². The van der Waals surface area contributed by atoms with Gasteiger partial charge in [-0.1, -0.05) is 29.8 Å². The van der Waals surface area contributed by atoms with Gasteiger partial charge in [-0.2, -0.15) is 4.98 Å². The van der Waals surface area contributed by atoms with Crippen molar-refractivity contribution in [3.05, 3.63) is 47.0 Å². The molecule has 1 N–H and O–H groups in total. The Kier molecular flexibility index (Phi) is 6.56. The van der Waals surface area contributed by atoms with Gasteiger partial charge in [-0.25, -0.2) is 16.8 Å². The van der Waals surface area contributed by atoms with Crippen LogP contribution < -0.4 is 9.62 Å². The summed E-state index contributed by atoms with van der Waals surface area (Å²) in [4.78, 5) is 17.7. The fourth-order valence-electron chi connectivity index (χ4n) is 5.01. The molecule has 2 fully saturated rings. The number of carbonyl (C=O) groups is 1. The number of pyridine rings is 1. The van der Waals surface area contributed by atoms with Crippen LogP contribution in [-0.4, -0.2) is 59.1 Å². The molecule has 1 saturated carbocycles. The van der Waals surface area contributed by atoms with Gasteiger partial charge >= 0.3 is 0 Å². The number of hydrogen-bond donors (Lipinski definition) is 1. The molecule has 3 aromatic rings. The topological polar surface area (TPSA) is 127 Å². The van der Waals surface area contributed by atoms with Crippen LogP contribution in [0.4, 0.5) is 5.82 Å². The Morgan fingerprint density at radius 1 is 1.19 bits per heavy atom.